The quantitative estimate of drug-likeness (QED) is 0.344. The molecule has 0 bridgehead atoms. The third-order valence-corrected chi connectivity index (χ3v) is 3.09. The predicted molar refractivity (Wildman–Crippen MR) is 80.7 cm³/mol. The largest absolute Gasteiger partial charge is 0.465 e. The first-order valence-electron chi connectivity index (χ1n) is 6.27. The van der Waals surface area contributed by atoms with Crippen LogP contribution in [0.1, 0.15) is 26.5 Å². The number of nitro benzene ring substituents is 1. The van der Waals surface area contributed by atoms with Crippen LogP contribution in [0, 0.1) is 15.9 Å². The number of methoxy groups -OCH3 is 1. The van der Waals surface area contributed by atoms with Crippen LogP contribution in [0.5, 0.6) is 0 Å². The third-order valence-electron chi connectivity index (χ3n) is 3.09. The summed E-state index contributed by atoms with van der Waals surface area (Å²) in [4.78, 5) is 38.2. The van der Waals surface area contributed by atoms with E-state index < -0.39 is 39.3 Å². The highest BCUT2D eigenvalue weighted by atomic mass is 35.5. The van der Waals surface area contributed by atoms with E-state index in [1.807, 2.05) is 0 Å². The van der Waals surface area contributed by atoms with Crippen LogP contribution in [0.3, 0.4) is 0 Å². The molecule has 0 amide bonds. The lowest BCUT2D eigenvalue weighted by molar-refractivity contribution is -0.385. The van der Waals surface area contributed by atoms with E-state index in [4.69, 9.17) is 0 Å². The highest BCUT2D eigenvalue weighted by Crippen LogP contribution is 2.26. The Labute approximate surface area is 141 Å². The number of ketones is 1. The molecule has 24 heavy (non-hydrogen) atoms. The first-order valence-corrected chi connectivity index (χ1v) is 6.27. The second kappa shape index (κ2) is 7.59. The Morgan fingerprint density at radius 1 is 1.42 bits per heavy atom. The number of carbonyl (C=O) groups excluding carboxylic acids is 2. The molecule has 1 aromatic heterocycles. The van der Waals surface area contributed by atoms with Crippen LogP contribution in [0.15, 0.2) is 18.5 Å². The van der Waals surface area contributed by atoms with E-state index >= 15 is 0 Å². The van der Waals surface area contributed by atoms with Gasteiger partial charge >= 0.3 is 5.97 Å². The number of halogens is 2. The number of rotatable bonds is 5. The SMILES string of the molecule is COC(=O)c1cc(F)cc([N+](=O)[O-])c1C(=O)Cc1ncnn1C.Cl. The molecule has 0 aliphatic rings. The topological polar surface area (TPSA) is 117 Å². The van der Waals surface area contributed by atoms with Crippen molar-refractivity contribution in [3.63, 3.8) is 0 Å². The molecule has 0 aliphatic carbocycles. The number of esters is 1. The van der Waals surface area contributed by atoms with Gasteiger partial charge in [-0.2, -0.15) is 5.10 Å². The summed E-state index contributed by atoms with van der Waals surface area (Å²) in [5, 5.41) is 14.9. The van der Waals surface area contributed by atoms with Gasteiger partial charge in [0.1, 0.15) is 23.5 Å². The Hall–Kier alpha value is -2.88. The molecule has 0 saturated heterocycles. The van der Waals surface area contributed by atoms with Crippen LogP contribution in [-0.2, 0) is 18.2 Å². The summed E-state index contributed by atoms with van der Waals surface area (Å²) >= 11 is 0. The van der Waals surface area contributed by atoms with Crippen LogP contribution in [0.4, 0.5) is 10.1 Å². The van der Waals surface area contributed by atoms with Gasteiger partial charge in [0.2, 0.25) is 0 Å². The molecule has 2 aromatic rings. The van der Waals surface area contributed by atoms with Crippen molar-refractivity contribution in [2.24, 2.45) is 7.05 Å². The lowest BCUT2D eigenvalue weighted by Crippen LogP contribution is -2.17. The van der Waals surface area contributed by atoms with Gasteiger partial charge in [0.25, 0.3) is 5.69 Å². The van der Waals surface area contributed by atoms with Crippen molar-refractivity contribution in [2.75, 3.05) is 7.11 Å². The second-order valence-corrected chi connectivity index (χ2v) is 4.50. The Balaban J connectivity index is 0.00000288. The molecule has 11 heteroatoms. The van der Waals surface area contributed by atoms with E-state index in [1.165, 1.54) is 18.1 Å². The first-order chi connectivity index (χ1) is 10.8. The average Bonchev–Trinajstić information content (AvgIpc) is 2.90. The van der Waals surface area contributed by atoms with Crippen molar-refractivity contribution in [3.05, 3.63) is 51.3 Å². The van der Waals surface area contributed by atoms with Gasteiger partial charge in [0.15, 0.2) is 5.78 Å². The van der Waals surface area contributed by atoms with Gasteiger partial charge in [-0.1, -0.05) is 0 Å². The zero-order valence-corrected chi connectivity index (χ0v) is 13.4. The Bertz CT molecular complexity index is 808. The number of nitrogens with zero attached hydrogens (tertiary/aromatic N) is 4. The number of hydrogen-bond acceptors (Lipinski definition) is 7. The summed E-state index contributed by atoms with van der Waals surface area (Å²) in [6.07, 6.45) is 0.871. The molecule has 0 spiro atoms. The smallest absolute Gasteiger partial charge is 0.338 e. The molecule has 0 aliphatic heterocycles. The maximum absolute atomic E-state index is 13.5. The van der Waals surface area contributed by atoms with Crippen LogP contribution in [-0.4, -0.2) is 38.6 Å². The number of benzene rings is 1. The van der Waals surface area contributed by atoms with Crippen LogP contribution in [0.25, 0.3) is 0 Å². The molecule has 0 unspecified atom stereocenters. The van der Waals surface area contributed by atoms with Crippen molar-refractivity contribution in [3.8, 4) is 0 Å². The number of nitro groups is 1. The van der Waals surface area contributed by atoms with Crippen molar-refractivity contribution in [2.45, 2.75) is 6.42 Å². The van der Waals surface area contributed by atoms with Gasteiger partial charge in [0.05, 0.1) is 30.1 Å². The molecule has 0 fully saturated rings. The molecule has 1 heterocycles. The zero-order chi connectivity index (χ0) is 17.1. The number of aryl methyl sites for hydroxylation is 1. The van der Waals surface area contributed by atoms with E-state index in [-0.39, 0.29) is 24.7 Å². The summed E-state index contributed by atoms with van der Waals surface area (Å²) in [5.74, 6) is -2.60. The monoisotopic (exact) mass is 358 g/mol. The van der Waals surface area contributed by atoms with Gasteiger partial charge in [-0.15, -0.1) is 12.4 Å². The normalized spacial score (nSPS) is 9.96. The fraction of sp³-hybridized carbons (Fsp3) is 0.231. The fourth-order valence-electron chi connectivity index (χ4n) is 2.01. The highest BCUT2D eigenvalue weighted by molar-refractivity contribution is 6.09. The van der Waals surface area contributed by atoms with E-state index in [0.29, 0.717) is 6.07 Å². The van der Waals surface area contributed by atoms with Crippen LogP contribution >= 0.6 is 12.4 Å². The number of carbonyl (C=O) groups is 2. The van der Waals surface area contributed by atoms with Gasteiger partial charge in [0, 0.05) is 7.05 Å². The molecular weight excluding hydrogens is 347 g/mol. The molecule has 0 saturated carbocycles. The van der Waals surface area contributed by atoms with Gasteiger partial charge < -0.3 is 4.74 Å². The Morgan fingerprint density at radius 2 is 2.08 bits per heavy atom. The molecule has 1 aromatic carbocycles. The lowest BCUT2D eigenvalue weighted by atomic mass is 9.99. The standard InChI is InChI=1S/C13H11FN4O5.ClH/c1-17-11(15-6-16-17)5-10(19)12-8(13(20)23-2)3-7(14)4-9(12)18(21)22;/h3-4,6H,5H2,1-2H3;1H. The lowest BCUT2D eigenvalue weighted by Gasteiger charge is -2.08. The molecule has 128 valence electrons. The van der Waals surface area contributed by atoms with Crippen LogP contribution in [0.2, 0.25) is 0 Å². The van der Waals surface area contributed by atoms with Crippen molar-refractivity contribution in [1.29, 1.82) is 0 Å². The first kappa shape index (κ1) is 19.2. The fourth-order valence-corrected chi connectivity index (χ4v) is 2.01. The molecule has 0 N–H and O–H groups in total. The molecular formula is C13H12ClFN4O5. The van der Waals surface area contributed by atoms with Crippen molar-refractivity contribution < 1.29 is 23.6 Å². The zero-order valence-electron chi connectivity index (χ0n) is 12.6. The number of aromatic nitrogens is 3. The number of Topliss-reactive ketones (excluding diaryl/α,β-unsaturated/α-hetero) is 1. The van der Waals surface area contributed by atoms with Crippen molar-refractivity contribution >= 4 is 29.8 Å². The minimum absolute atomic E-state index is 0. The highest BCUT2D eigenvalue weighted by Gasteiger charge is 2.30. The van der Waals surface area contributed by atoms with Gasteiger partial charge in [-0.05, 0) is 6.07 Å². The summed E-state index contributed by atoms with van der Waals surface area (Å²) in [6.45, 7) is 0. The van der Waals surface area contributed by atoms with E-state index in [0.717, 1.165) is 13.2 Å². The van der Waals surface area contributed by atoms with Crippen LogP contribution < -0.4 is 0 Å². The third kappa shape index (κ3) is 3.71. The second-order valence-electron chi connectivity index (χ2n) is 4.50. The predicted octanol–water partition coefficient (Wildman–Crippen LogP) is 1.50. The van der Waals surface area contributed by atoms with E-state index in [2.05, 4.69) is 14.8 Å². The average molecular weight is 359 g/mol. The van der Waals surface area contributed by atoms with Gasteiger partial charge in [-0.25, -0.2) is 14.2 Å². The summed E-state index contributed by atoms with van der Waals surface area (Å²) in [5.41, 5.74) is -1.84. The van der Waals surface area contributed by atoms with E-state index in [1.54, 1.807) is 0 Å². The summed E-state index contributed by atoms with van der Waals surface area (Å²) in [6, 6.07) is 1.30. The maximum atomic E-state index is 13.5. The Kier molecular flexibility index (Phi) is 6.07. The summed E-state index contributed by atoms with van der Waals surface area (Å²) < 4.78 is 19.3. The number of hydrogen-bond donors (Lipinski definition) is 0. The minimum atomic E-state index is -1.05. The number of ether oxygens (including phenoxy) is 1. The minimum Gasteiger partial charge on any atom is -0.465 e. The Morgan fingerprint density at radius 3 is 2.58 bits per heavy atom. The molecule has 2 rings (SSSR count). The molecule has 0 atom stereocenters. The van der Waals surface area contributed by atoms with E-state index in [9.17, 15) is 24.1 Å². The molecule has 9 nitrogen and oxygen atoms in total. The maximum Gasteiger partial charge on any atom is 0.338 e. The summed E-state index contributed by atoms with van der Waals surface area (Å²) in [7, 11) is 2.56. The van der Waals surface area contributed by atoms with Gasteiger partial charge in [-0.3, -0.25) is 19.6 Å². The van der Waals surface area contributed by atoms with Crippen molar-refractivity contribution in [1.82, 2.24) is 14.8 Å². The molecule has 0 radical (unpaired) electrons.